The number of alkyl carbamates (subject to hydrolysis) is 1. The van der Waals surface area contributed by atoms with Crippen LogP contribution in [-0.2, 0) is 16.0 Å². The molecular weight excluding hydrogens is 570 g/mol. The number of nitrogens with zero attached hydrogens (tertiary/aromatic N) is 3. The third kappa shape index (κ3) is 6.80. The third-order valence-corrected chi connectivity index (χ3v) is 7.15. The minimum atomic E-state index is -2.71. The maximum Gasteiger partial charge on any atom is 0.408 e. The van der Waals surface area contributed by atoms with Gasteiger partial charge in [0, 0.05) is 34.6 Å². The van der Waals surface area contributed by atoms with Gasteiger partial charge in [-0.3, -0.25) is 9.36 Å². The number of alkyl halides is 2. The smallest absolute Gasteiger partial charge is 0.408 e. The Balaban J connectivity index is 1.46. The van der Waals surface area contributed by atoms with Crippen LogP contribution in [0.25, 0.3) is 22.2 Å². The molecule has 1 aliphatic rings. The Morgan fingerprint density at radius 3 is 2.57 bits per heavy atom. The number of amides is 2. The highest BCUT2D eigenvalue weighted by Gasteiger charge is 2.45. The lowest BCUT2D eigenvalue weighted by Gasteiger charge is -2.24. The summed E-state index contributed by atoms with van der Waals surface area (Å²) in [6.45, 7) is 6.23. The van der Waals surface area contributed by atoms with Crippen LogP contribution in [-0.4, -0.2) is 44.8 Å². The number of carbonyl (C=O) groups is 2. The fraction of sp³-hybridized carbons (Fsp3) is 0.312. The first-order chi connectivity index (χ1) is 20.9. The molecule has 3 N–H and O–H groups in total. The van der Waals surface area contributed by atoms with Gasteiger partial charge < -0.3 is 25.4 Å². The quantitative estimate of drug-likeness (QED) is 0.167. The van der Waals surface area contributed by atoms with Crippen molar-refractivity contribution in [3.63, 3.8) is 0 Å². The van der Waals surface area contributed by atoms with Crippen LogP contribution in [0.4, 0.5) is 30.9 Å². The van der Waals surface area contributed by atoms with Crippen LogP contribution in [0, 0.1) is 0 Å². The van der Waals surface area contributed by atoms with Gasteiger partial charge in [0.2, 0.25) is 11.9 Å². The predicted octanol–water partition coefficient (Wildman–Crippen LogP) is 6.97. The Hall–Kier alpha value is -5.00. The van der Waals surface area contributed by atoms with Gasteiger partial charge in [-0.05, 0) is 75.9 Å². The second kappa shape index (κ2) is 11.9. The van der Waals surface area contributed by atoms with Gasteiger partial charge in [0.1, 0.15) is 11.4 Å². The highest BCUT2D eigenvalue weighted by atomic mass is 19.3. The van der Waals surface area contributed by atoms with Crippen molar-refractivity contribution in [1.82, 2.24) is 19.9 Å². The van der Waals surface area contributed by atoms with E-state index in [2.05, 4.69) is 32.5 Å². The van der Waals surface area contributed by atoms with Gasteiger partial charge in [0.05, 0.1) is 24.0 Å². The molecule has 0 saturated heterocycles. The molecule has 0 radical (unpaired) electrons. The van der Waals surface area contributed by atoms with Gasteiger partial charge in [-0.2, -0.15) is 8.78 Å². The van der Waals surface area contributed by atoms with Gasteiger partial charge in [-0.1, -0.05) is 24.8 Å². The number of anilines is 3. The molecule has 10 nitrogen and oxygen atoms in total. The van der Waals surface area contributed by atoms with E-state index >= 15 is 0 Å². The van der Waals surface area contributed by atoms with E-state index in [1.54, 1.807) is 63.2 Å². The largest absolute Gasteiger partial charge is 0.495 e. The molecule has 0 aliphatic heterocycles. The second-order valence-electron chi connectivity index (χ2n) is 11.6. The van der Waals surface area contributed by atoms with Crippen molar-refractivity contribution in [3.05, 3.63) is 73.1 Å². The molecule has 230 valence electrons. The van der Waals surface area contributed by atoms with Crippen LogP contribution >= 0.6 is 0 Å². The summed E-state index contributed by atoms with van der Waals surface area (Å²) in [5, 5.41) is 9.59. The second-order valence-corrected chi connectivity index (χ2v) is 11.6. The van der Waals surface area contributed by atoms with Crippen molar-refractivity contribution in [2.24, 2.45) is 0 Å². The molecule has 4 aromatic rings. The zero-order valence-corrected chi connectivity index (χ0v) is 24.9. The minimum Gasteiger partial charge on any atom is -0.495 e. The summed E-state index contributed by atoms with van der Waals surface area (Å²) in [5.74, 6) is 0.211. The van der Waals surface area contributed by atoms with Crippen LogP contribution in [0.2, 0.25) is 0 Å². The van der Waals surface area contributed by atoms with Crippen LogP contribution in [0.1, 0.15) is 45.7 Å². The number of nitrogens with one attached hydrogen (secondary N) is 3. The van der Waals surface area contributed by atoms with Crippen molar-refractivity contribution in [2.75, 3.05) is 17.7 Å². The third-order valence-electron chi connectivity index (χ3n) is 7.15. The Morgan fingerprint density at radius 2 is 1.91 bits per heavy atom. The van der Waals surface area contributed by atoms with Gasteiger partial charge in [0.25, 0.3) is 0 Å². The lowest BCUT2D eigenvalue weighted by atomic mass is 10.0. The van der Waals surface area contributed by atoms with E-state index in [1.807, 2.05) is 0 Å². The number of fused-ring (bicyclic) bond motifs is 1. The fourth-order valence-corrected chi connectivity index (χ4v) is 4.98. The fourth-order valence-electron chi connectivity index (χ4n) is 4.98. The number of carbonyl (C=O) groups excluding carboxylic acids is 2. The Labute approximate surface area is 253 Å². The normalized spacial score (nSPS) is 13.8. The molecule has 1 fully saturated rings. The predicted molar refractivity (Wildman–Crippen MR) is 164 cm³/mol. The molecule has 2 amide bonds. The number of methoxy groups -OCH3 is 1. The standard InChI is InChI=1S/C32H34F2N6O4/c1-6-27(41)36-23-16-24(26(43-5)15-19(23)17-32(12-13-32)39-30(42)44-31(2,3)4)38-29-35-14-11-22(37-29)21-18-40(28(33)34)25-10-8-7-9-20(21)25/h6-11,14-16,18,28H,1,12-13,17H2,2-5H3,(H,36,41)(H,39,42)(H,35,37,38). The van der Waals surface area contributed by atoms with Crippen LogP contribution < -0.4 is 20.7 Å². The van der Waals surface area contributed by atoms with Crippen molar-refractivity contribution in [1.29, 1.82) is 0 Å². The molecule has 2 aromatic heterocycles. The van der Waals surface area contributed by atoms with Crippen molar-refractivity contribution in [3.8, 4) is 17.0 Å². The van der Waals surface area contributed by atoms with E-state index in [4.69, 9.17) is 9.47 Å². The first-order valence-corrected chi connectivity index (χ1v) is 14.0. The Bertz CT molecular complexity index is 1730. The van der Waals surface area contributed by atoms with Crippen LogP contribution in [0.15, 0.2) is 67.5 Å². The van der Waals surface area contributed by atoms with Crippen molar-refractivity contribution < 1.29 is 27.8 Å². The summed E-state index contributed by atoms with van der Waals surface area (Å²) >= 11 is 0. The van der Waals surface area contributed by atoms with E-state index in [0.717, 1.165) is 29.0 Å². The van der Waals surface area contributed by atoms with Gasteiger partial charge >= 0.3 is 12.6 Å². The molecule has 0 atom stereocenters. The zero-order valence-electron chi connectivity index (χ0n) is 24.9. The molecule has 0 unspecified atom stereocenters. The topological polar surface area (TPSA) is 119 Å². The van der Waals surface area contributed by atoms with Gasteiger partial charge in [0.15, 0.2) is 0 Å². The lowest BCUT2D eigenvalue weighted by molar-refractivity contribution is -0.111. The average molecular weight is 605 g/mol. The van der Waals surface area contributed by atoms with E-state index in [-0.39, 0.29) is 5.95 Å². The number of rotatable bonds is 10. The summed E-state index contributed by atoms with van der Waals surface area (Å²) in [4.78, 5) is 33.8. The number of aromatic nitrogens is 3. The van der Waals surface area contributed by atoms with E-state index in [9.17, 15) is 18.4 Å². The molecule has 2 heterocycles. The molecule has 1 saturated carbocycles. The van der Waals surface area contributed by atoms with E-state index < -0.39 is 29.7 Å². The molecule has 5 rings (SSSR count). The first kappa shape index (κ1) is 30.5. The summed E-state index contributed by atoms with van der Waals surface area (Å²) < 4.78 is 39.5. The first-order valence-electron chi connectivity index (χ1n) is 14.0. The number of halogens is 2. The number of para-hydroxylation sites is 1. The maximum absolute atomic E-state index is 13.7. The number of benzene rings is 2. The highest BCUT2D eigenvalue weighted by molar-refractivity contribution is 6.00. The summed E-state index contributed by atoms with van der Waals surface area (Å²) in [7, 11) is 1.51. The molecular formula is C32H34F2N6O4. The molecule has 12 heteroatoms. The zero-order chi connectivity index (χ0) is 31.6. The average Bonchev–Trinajstić information content (AvgIpc) is 3.59. The minimum absolute atomic E-state index is 0.189. The highest BCUT2D eigenvalue weighted by Crippen LogP contribution is 2.43. The van der Waals surface area contributed by atoms with E-state index in [1.165, 1.54) is 19.5 Å². The number of hydrogen-bond acceptors (Lipinski definition) is 7. The molecule has 2 aromatic carbocycles. The summed E-state index contributed by atoms with van der Waals surface area (Å²) in [5.41, 5.74) is 1.85. The molecule has 44 heavy (non-hydrogen) atoms. The summed E-state index contributed by atoms with van der Waals surface area (Å²) in [6, 6.07) is 12.0. The van der Waals surface area contributed by atoms with Gasteiger partial charge in [-0.25, -0.2) is 14.8 Å². The monoisotopic (exact) mass is 604 g/mol. The number of hydrogen-bond donors (Lipinski definition) is 3. The molecule has 0 spiro atoms. The lowest BCUT2D eigenvalue weighted by Crippen LogP contribution is -2.42. The summed E-state index contributed by atoms with van der Waals surface area (Å²) in [6.07, 6.45) is 5.45. The van der Waals surface area contributed by atoms with Crippen molar-refractivity contribution >= 4 is 40.2 Å². The molecule has 1 aliphatic carbocycles. The van der Waals surface area contributed by atoms with Crippen LogP contribution in [0.3, 0.4) is 0 Å². The maximum atomic E-state index is 13.7. The molecule has 0 bridgehead atoms. The van der Waals surface area contributed by atoms with Crippen molar-refractivity contribution in [2.45, 2.75) is 57.7 Å². The SMILES string of the molecule is C=CC(=O)Nc1cc(Nc2nccc(-c3cn(C(F)F)c4ccccc34)n2)c(OC)cc1CC1(NC(=O)OC(C)(C)C)CC1. The Morgan fingerprint density at radius 1 is 1.16 bits per heavy atom. The van der Waals surface area contributed by atoms with E-state index in [0.29, 0.717) is 45.7 Å². The van der Waals surface area contributed by atoms with Gasteiger partial charge in [-0.15, -0.1) is 0 Å². The number of ether oxygens (including phenoxy) is 2. The Kier molecular flexibility index (Phi) is 8.27. The van der Waals surface area contributed by atoms with Crippen LogP contribution in [0.5, 0.6) is 5.75 Å².